The molecule has 16 nitrogen and oxygen atoms in total. The molecule has 0 aliphatic carbocycles. The lowest BCUT2D eigenvalue weighted by molar-refractivity contribution is -0.333. The zero-order valence-corrected chi connectivity index (χ0v) is 17.9. The molecule has 2 fully saturated rings. The summed E-state index contributed by atoms with van der Waals surface area (Å²) < 4.78 is 20.8. The van der Waals surface area contributed by atoms with E-state index in [4.69, 9.17) is 24.1 Å². The van der Waals surface area contributed by atoms with E-state index in [0.717, 1.165) is 0 Å². The minimum absolute atomic E-state index is 0.597. The van der Waals surface area contributed by atoms with E-state index in [-0.39, 0.29) is 0 Å². The molecule has 14 atom stereocenters. The van der Waals surface area contributed by atoms with Gasteiger partial charge in [0.25, 0.3) is 0 Å². The minimum Gasteiger partial charge on any atom is -0.394 e. The SMILES string of the molecule is OC[C@H](O)[C@@H](O)[C@H](O)[C@H](O)CO[C@H]1O[C@H](CO[C@H]2O[C@H](CO)[C@@H](O)[C@H](O)[C@H]2O)[C@@H](O)[C@H](O)[C@H]1O. The van der Waals surface area contributed by atoms with Crippen molar-refractivity contribution in [3.8, 4) is 0 Å². The maximum Gasteiger partial charge on any atom is 0.186 e. The van der Waals surface area contributed by atoms with Crippen LogP contribution < -0.4 is 0 Å². The quantitative estimate of drug-likeness (QED) is 0.124. The number of ether oxygens (including phenoxy) is 4. The van der Waals surface area contributed by atoms with Crippen LogP contribution in [-0.2, 0) is 18.9 Å². The van der Waals surface area contributed by atoms with E-state index in [0.29, 0.717) is 0 Å². The molecule has 0 unspecified atom stereocenters. The Labute approximate surface area is 193 Å². The van der Waals surface area contributed by atoms with Gasteiger partial charge in [0.1, 0.15) is 73.2 Å². The van der Waals surface area contributed by atoms with Crippen LogP contribution in [0.2, 0.25) is 0 Å². The Morgan fingerprint density at radius 2 is 1.06 bits per heavy atom. The van der Waals surface area contributed by atoms with Crippen LogP contribution in [0.15, 0.2) is 0 Å². The predicted octanol–water partition coefficient (Wildman–Crippen LogP) is -7.94. The van der Waals surface area contributed by atoms with Crippen LogP contribution >= 0.6 is 0 Å². The first kappa shape index (κ1) is 29.6. The molecule has 0 spiro atoms. The number of aliphatic hydroxyl groups is 12. The lowest BCUT2D eigenvalue weighted by Gasteiger charge is -2.42. The molecule has 0 amide bonds. The van der Waals surface area contributed by atoms with E-state index in [1.165, 1.54) is 0 Å². The Hall–Kier alpha value is -0.640. The summed E-state index contributed by atoms with van der Waals surface area (Å²) in [7, 11) is 0. The second-order valence-corrected chi connectivity index (χ2v) is 8.18. The largest absolute Gasteiger partial charge is 0.394 e. The highest BCUT2D eigenvalue weighted by Crippen LogP contribution is 2.26. The topological polar surface area (TPSA) is 280 Å². The van der Waals surface area contributed by atoms with Crippen LogP contribution in [0, 0.1) is 0 Å². The second kappa shape index (κ2) is 13.1. The maximum atomic E-state index is 10.2. The normalized spacial score (nSPS) is 42.7. The average molecular weight is 506 g/mol. The molecule has 0 bridgehead atoms. The fourth-order valence-electron chi connectivity index (χ4n) is 3.44. The van der Waals surface area contributed by atoms with Gasteiger partial charge in [-0.3, -0.25) is 0 Å². The molecule has 34 heavy (non-hydrogen) atoms. The van der Waals surface area contributed by atoms with E-state index in [1.807, 2.05) is 0 Å². The Balaban J connectivity index is 1.95. The van der Waals surface area contributed by atoms with Crippen LogP contribution in [0.3, 0.4) is 0 Å². The Bertz CT molecular complexity index is 596. The van der Waals surface area contributed by atoms with E-state index < -0.39 is 112 Å². The molecule has 12 N–H and O–H groups in total. The Kier molecular flexibility index (Phi) is 11.4. The molecule has 0 aromatic heterocycles. The fraction of sp³-hybridized carbons (Fsp3) is 1.00. The summed E-state index contributed by atoms with van der Waals surface area (Å²) in [4.78, 5) is 0. The molecular weight excluding hydrogens is 472 g/mol. The fourth-order valence-corrected chi connectivity index (χ4v) is 3.44. The lowest BCUT2D eigenvalue weighted by atomic mass is 9.98. The van der Waals surface area contributed by atoms with Gasteiger partial charge in [-0.15, -0.1) is 0 Å². The van der Waals surface area contributed by atoms with Gasteiger partial charge < -0.3 is 80.2 Å². The van der Waals surface area contributed by atoms with Gasteiger partial charge in [0.05, 0.1) is 26.4 Å². The summed E-state index contributed by atoms with van der Waals surface area (Å²) in [5.41, 5.74) is 0. The third-order valence-electron chi connectivity index (χ3n) is 5.70. The molecule has 2 aliphatic heterocycles. The average Bonchev–Trinajstić information content (AvgIpc) is 2.84. The number of hydrogen-bond donors (Lipinski definition) is 12. The van der Waals surface area contributed by atoms with Gasteiger partial charge in [-0.05, 0) is 0 Å². The van der Waals surface area contributed by atoms with Crippen molar-refractivity contribution < 1.29 is 80.2 Å². The highest BCUT2D eigenvalue weighted by Gasteiger charge is 2.47. The Morgan fingerprint density at radius 3 is 1.59 bits per heavy atom. The summed E-state index contributed by atoms with van der Waals surface area (Å²) >= 11 is 0. The zero-order chi connectivity index (χ0) is 25.7. The van der Waals surface area contributed by atoms with Crippen molar-refractivity contribution in [1.29, 1.82) is 0 Å². The Morgan fingerprint density at radius 1 is 0.588 bits per heavy atom. The molecule has 202 valence electrons. The summed E-state index contributed by atoms with van der Waals surface area (Å²) in [5, 5.41) is 117. The summed E-state index contributed by atoms with van der Waals surface area (Å²) in [5.74, 6) is 0. The maximum absolute atomic E-state index is 10.2. The van der Waals surface area contributed by atoms with Gasteiger partial charge in [0.2, 0.25) is 0 Å². The van der Waals surface area contributed by atoms with Crippen LogP contribution in [-0.4, -0.2) is 174 Å². The summed E-state index contributed by atoms with van der Waals surface area (Å²) in [6.45, 7) is -2.97. The number of rotatable bonds is 11. The lowest BCUT2D eigenvalue weighted by Crippen LogP contribution is -2.62. The molecule has 2 aliphatic rings. The third kappa shape index (κ3) is 6.77. The van der Waals surface area contributed by atoms with Crippen molar-refractivity contribution >= 4 is 0 Å². The molecule has 2 rings (SSSR count). The van der Waals surface area contributed by atoms with Crippen LogP contribution in [0.1, 0.15) is 0 Å². The van der Waals surface area contributed by atoms with Crippen molar-refractivity contribution in [3.63, 3.8) is 0 Å². The van der Waals surface area contributed by atoms with Crippen molar-refractivity contribution in [2.24, 2.45) is 0 Å². The first-order valence-electron chi connectivity index (χ1n) is 10.5. The molecular formula is C18H34O16. The van der Waals surface area contributed by atoms with Crippen molar-refractivity contribution in [3.05, 3.63) is 0 Å². The summed E-state index contributed by atoms with van der Waals surface area (Å²) in [6.07, 6.45) is -23.8. The summed E-state index contributed by atoms with van der Waals surface area (Å²) in [6, 6.07) is 0. The van der Waals surface area contributed by atoms with Gasteiger partial charge in [-0.1, -0.05) is 0 Å². The van der Waals surface area contributed by atoms with Gasteiger partial charge in [-0.25, -0.2) is 0 Å². The standard InChI is InChI=1S/C18H34O16/c19-1-5(21)9(23)10(24)6(22)3-31-17-16(30)14(28)12(26)8(34-17)4-32-18-15(29)13(27)11(25)7(2-20)33-18/h5-30H,1-4H2/t5-,6+,7+,8+,9+,10+,11+,12+,13-,14-,15+,16+,17-,18-/m0/s1. The van der Waals surface area contributed by atoms with Crippen LogP contribution in [0.5, 0.6) is 0 Å². The smallest absolute Gasteiger partial charge is 0.186 e. The molecule has 0 aromatic carbocycles. The van der Waals surface area contributed by atoms with Gasteiger partial charge in [-0.2, -0.15) is 0 Å². The highest BCUT2D eigenvalue weighted by atomic mass is 16.7. The van der Waals surface area contributed by atoms with Gasteiger partial charge >= 0.3 is 0 Å². The monoisotopic (exact) mass is 506 g/mol. The van der Waals surface area contributed by atoms with Crippen molar-refractivity contribution in [2.45, 2.75) is 85.8 Å². The van der Waals surface area contributed by atoms with Crippen LogP contribution in [0.25, 0.3) is 0 Å². The van der Waals surface area contributed by atoms with E-state index >= 15 is 0 Å². The number of aliphatic hydroxyl groups excluding tert-OH is 12. The van der Waals surface area contributed by atoms with Crippen molar-refractivity contribution in [2.75, 3.05) is 26.4 Å². The first-order valence-corrected chi connectivity index (χ1v) is 10.5. The molecule has 0 saturated carbocycles. The highest BCUT2D eigenvalue weighted by molar-refractivity contribution is 4.92. The van der Waals surface area contributed by atoms with Crippen molar-refractivity contribution in [1.82, 2.24) is 0 Å². The van der Waals surface area contributed by atoms with Gasteiger partial charge in [0, 0.05) is 0 Å². The van der Waals surface area contributed by atoms with E-state index in [9.17, 15) is 56.2 Å². The van der Waals surface area contributed by atoms with E-state index in [1.54, 1.807) is 0 Å². The minimum atomic E-state index is -1.95. The van der Waals surface area contributed by atoms with Crippen LogP contribution in [0.4, 0.5) is 0 Å². The predicted molar refractivity (Wildman–Crippen MR) is 103 cm³/mol. The molecule has 16 heteroatoms. The van der Waals surface area contributed by atoms with Gasteiger partial charge in [0.15, 0.2) is 12.6 Å². The van der Waals surface area contributed by atoms with E-state index in [2.05, 4.69) is 0 Å². The molecule has 2 heterocycles. The zero-order valence-electron chi connectivity index (χ0n) is 17.9. The second-order valence-electron chi connectivity index (χ2n) is 8.18. The first-order chi connectivity index (χ1) is 15.9. The molecule has 0 aromatic rings. The number of hydrogen-bond acceptors (Lipinski definition) is 16. The molecule has 2 saturated heterocycles. The molecule has 0 radical (unpaired) electrons. The third-order valence-corrected chi connectivity index (χ3v) is 5.70.